The van der Waals surface area contributed by atoms with E-state index in [1.54, 1.807) is 0 Å². The number of rotatable bonds is 5. The normalized spacial score (nSPS) is 35.3. The van der Waals surface area contributed by atoms with Crippen LogP contribution in [0.25, 0.3) is 0 Å². The van der Waals surface area contributed by atoms with Crippen LogP contribution in [-0.2, 0) is 0 Å². The molecule has 0 N–H and O–H groups in total. The van der Waals surface area contributed by atoms with Crippen LogP contribution in [0.1, 0.15) is 117 Å². The molecule has 0 aromatic rings. The summed E-state index contributed by atoms with van der Waals surface area (Å²) < 4.78 is 0. The quantitative estimate of drug-likeness (QED) is 0.452. The van der Waals surface area contributed by atoms with Crippen LogP contribution in [0.15, 0.2) is 4.99 Å². The van der Waals surface area contributed by atoms with Gasteiger partial charge in [0.2, 0.25) is 0 Å². The summed E-state index contributed by atoms with van der Waals surface area (Å²) in [5.41, 5.74) is 0.488. The summed E-state index contributed by atoms with van der Waals surface area (Å²) >= 11 is 0. The number of guanidine groups is 1. The highest BCUT2D eigenvalue weighted by atomic mass is 15.5. The van der Waals surface area contributed by atoms with Gasteiger partial charge in [-0.2, -0.15) is 0 Å². The zero-order valence-corrected chi connectivity index (χ0v) is 21.5. The molecule has 2 atom stereocenters. The summed E-state index contributed by atoms with van der Waals surface area (Å²) in [7, 11) is 0. The average Bonchev–Trinajstić information content (AvgIpc) is 3.35. The fourth-order valence-corrected chi connectivity index (χ4v) is 8.11. The van der Waals surface area contributed by atoms with Crippen molar-refractivity contribution < 1.29 is 0 Å². The first-order valence-corrected chi connectivity index (χ1v) is 14.6. The molecule has 0 radical (unpaired) electrons. The van der Waals surface area contributed by atoms with Gasteiger partial charge in [-0.3, -0.25) is 4.99 Å². The smallest absolute Gasteiger partial charge is 0.197 e. The Bertz CT molecular complexity index is 629. The van der Waals surface area contributed by atoms with Crippen LogP contribution >= 0.6 is 0 Å². The van der Waals surface area contributed by atoms with Crippen LogP contribution in [0.4, 0.5) is 0 Å². The van der Waals surface area contributed by atoms with Crippen LogP contribution in [0, 0.1) is 29.1 Å². The first-order chi connectivity index (χ1) is 15.5. The number of fused-ring (bicyclic) bond motifs is 1. The molecule has 182 valence electrons. The first-order valence-electron chi connectivity index (χ1n) is 14.6. The van der Waals surface area contributed by atoms with Gasteiger partial charge in [0.1, 0.15) is 0 Å². The molecule has 0 spiro atoms. The second-order valence-corrected chi connectivity index (χ2v) is 13.4. The molecular formula is C29H51N3. The lowest BCUT2D eigenvalue weighted by molar-refractivity contribution is 0.122. The molecule has 2 aliphatic heterocycles. The Morgan fingerprint density at radius 2 is 1.44 bits per heavy atom. The van der Waals surface area contributed by atoms with Gasteiger partial charge >= 0.3 is 0 Å². The van der Waals surface area contributed by atoms with Gasteiger partial charge in [0, 0.05) is 13.1 Å². The van der Waals surface area contributed by atoms with E-state index in [4.69, 9.17) is 4.99 Å². The predicted octanol–water partition coefficient (Wildman–Crippen LogP) is 7.11. The third kappa shape index (κ3) is 5.02. The summed E-state index contributed by atoms with van der Waals surface area (Å²) in [5.74, 6) is 5.13. The van der Waals surface area contributed by atoms with Crippen LogP contribution in [0.3, 0.4) is 0 Å². The Balaban J connectivity index is 1.25. The van der Waals surface area contributed by atoms with E-state index < -0.39 is 0 Å². The lowest BCUT2D eigenvalue weighted by atomic mass is 9.69. The van der Waals surface area contributed by atoms with E-state index in [1.165, 1.54) is 115 Å². The minimum absolute atomic E-state index is 0.488. The zero-order valence-electron chi connectivity index (χ0n) is 21.5. The second kappa shape index (κ2) is 9.87. The molecule has 3 heteroatoms. The van der Waals surface area contributed by atoms with Crippen molar-refractivity contribution in [3.8, 4) is 0 Å². The van der Waals surface area contributed by atoms with Gasteiger partial charge in [-0.1, -0.05) is 72.1 Å². The van der Waals surface area contributed by atoms with Crippen molar-refractivity contribution in [1.29, 1.82) is 0 Å². The third-order valence-electron chi connectivity index (χ3n) is 10.2. The van der Waals surface area contributed by atoms with Crippen molar-refractivity contribution in [2.75, 3.05) is 19.6 Å². The van der Waals surface area contributed by atoms with Gasteiger partial charge in [-0.05, 0) is 74.0 Å². The maximum atomic E-state index is 5.26. The Hall–Kier alpha value is -0.730. The average molecular weight is 442 g/mol. The SMILES string of the molecule is CC(C)(C)C1CCC(CN2C3=NC[C@H](CC4CCCCC4)N3C[C@@H]2C2CCCCC2)CC1. The van der Waals surface area contributed by atoms with Crippen molar-refractivity contribution in [3.05, 3.63) is 0 Å². The summed E-state index contributed by atoms with van der Waals surface area (Å²) in [5, 5.41) is 0. The number of aliphatic imine (C=N–C) groups is 1. The maximum absolute atomic E-state index is 5.26. The standard InChI is InChI=1S/C29H51N3/c1-29(2,3)25-16-14-23(15-17-25)20-32-27(24-12-8-5-9-13-24)21-31-26(19-30-28(31)32)18-22-10-6-4-7-11-22/h22-27H,4-21H2,1-3H3/t23?,25?,26-,27+/m0/s1. The largest absolute Gasteiger partial charge is 0.338 e. The molecule has 3 nitrogen and oxygen atoms in total. The fourth-order valence-electron chi connectivity index (χ4n) is 8.11. The van der Waals surface area contributed by atoms with E-state index in [2.05, 4.69) is 30.6 Å². The minimum Gasteiger partial charge on any atom is -0.338 e. The molecule has 32 heavy (non-hydrogen) atoms. The van der Waals surface area contributed by atoms with E-state index in [0.29, 0.717) is 11.5 Å². The van der Waals surface area contributed by atoms with Crippen molar-refractivity contribution in [2.45, 2.75) is 129 Å². The Kier molecular flexibility index (Phi) is 7.10. The lowest BCUT2D eigenvalue weighted by Gasteiger charge is -2.40. The topological polar surface area (TPSA) is 18.8 Å². The Morgan fingerprint density at radius 1 is 0.781 bits per heavy atom. The van der Waals surface area contributed by atoms with Gasteiger partial charge in [-0.25, -0.2) is 0 Å². The molecule has 2 heterocycles. The molecule has 3 aliphatic carbocycles. The molecule has 1 saturated heterocycles. The molecule has 0 aromatic heterocycles. The van der Waals surface area contributed by atoms with Crippen LogP contribution in [0.5, 0.6) is 0 Å². The highest BCUT2D eigenvalue weighted by Crippen LogP contribution is 2.42. The van der Waals surface area contributed by atoms with Crippen LogP contribution in [0.2, 0.25) is 0 Å². The van der Waals surface area contributed by atoms with Gasteiger partial charge in [0.15, 0.2) is 5.96 Å². The molecule has 0 aromatic carbocycles. The summed E-state index contributed by atoms with van der Waals surface area (Å²) in [4.78, 5) is 10.9. The van der Waals surface area contributed by atoms with Crippen molar-refractivity contribution in [2.24, 2.45) is 34.1 Å². The number of hydrogen-bond donors (Lipinski definition) is 0. The Morgan fingerprint density at radius 3 is 2.09 bits per heavy atom. The van der Waals surface area contributed by atoms with E-state index in [9.17, 15) is 0 Å². The fraction of sp³-hybridized carbons (Fsp3) is 0.966. The first kappa shape index (κ1) is 23.0. The highest BCUT2D eigenvalue weighted by molar-refractivity contribution is 5.84. The van der Waals surface area contributed by atoms with Crippen molar-refractivity contribution in [3.63, 3.8) is 0 Å². The molecule has 5 aliphatic rings. The molecule has 0 unspecified atom stereocenters. The van der Waals surface area contributed by atoms with Crippen molar-refractivity contribution >= 4 is 5.96 Å². The van der Waals surface area contributed by atoms with E-state index in [1.807, 2.05) is 0 Å². The molecule has 0 bridgehead atoms. The van der Waals surface area contributed by atoms with Gasteiger partial charge in [0.05, 0.1) is 18.6 Å². The maximum Gasteiger partial charge on any atom is 0.197 e. The van der Waals surface area contributed by atoms with Gasteiger partial charge < -0.3 is 9.80 Å². The second-order valence-electron chi connectivity index (χ2n) is 13.4. The molecule has 5 rings (SSSR count). The molecule has 0 amide bonds. The monoisotopic (exact) mass is 441 g/mol. The van der Waals surface area contributed by atoms with Crippen LogP contribution in [-0.4, -0.2) is 47.5 Å². The Labute approximate surface area is 198 Å². The zero-order chi connectivity index (χ0) is 22.1. The molecular weight excluding hydrogens is 390 g/mol. The minimum atomic E-state index is 0.488. The molecule has 3 saturated carbocycles. The van der Waals surface area contributed by atoms with Gasteiger partial charge in [-0.15, -0.1) is 0 Å². The lowest BCUT2D eigenvalue weighted by Crippen LogP contribution is -2.43. The van der Waals surface area contributed by atoms with E-state index in [-0.39, 0.29) is 0 Å². The third-order valence-corrected chi connectivity index (χ3v) is 10.2. The van der Waals surface area contributed by atoms with Crippen molar-refractivity contribution in [1.82, 2.24) is 9.80 Å². The van der Waals surface area contributed by atoms with Gasteiger partial charge in [0.25, 0.3) is 0 Å². The van der Waals surface area contributed by atoms with E-state index in [0.717, 1.165) is 36.3 Å². The summed E-state index contributed by atoms with van der Waals surface area (Å²) in [6.07, 6.45) is 21.9. The predicted molar refractivity (Wildman–Crippen MR) is 136 cm³/mol. The summed E-state index contributed by atoms with van der Waals surface area (Å²) in [6.45, 7) is 11.0. The number of hydrogen-bond acceptors (Lipinski definition) is 3. The highest BCUT2D eigenvalue weighted by Gasteiger charge is 2.46. The summed E-state index contributed by atoms with van der Waals surface area (Å²) in [6, 6.07) is 1.46. The van der Waals surface area contributed by atoms with E-state index >= 15 is 0 Å². The number of nitrogens with zero attached hydrogens (tertiary/aromatic N) is 3. The van der Waals surface area contributed by atoms with Crippen LogP contribution < -0.4 is 0 Å². The molecule has 4 fully saturated rings.